The van der Waals surface area contributed by atoms with Gasteiger partial charge in [-0.3, -0.25) is 0 Å². The smallest absolute Gasteiger partial charge is 0.344 e. The molecule has 0 bridgehead atoms. The molecule has 0 aliphatic carbocycles. The second kappa shape index (κ2) is 3.65. The maximum absolute atomic E-state index is 11.8. The van der Waals surface area contributed by atoms with E-state index in [1.807, 2.05) is 0 Å². The molecule has 0 radical (unpaired) electrons. The lowest BCUT2D eigenvalue weighted by molar-refractivity contribution is 0.472. The van der Waals surface area contributed by atoms with Gasteiger partial charge in [0.05, 0.1) is 10.4 Å². The Balaban J connectivity index is 2.65. The minimum absolute atomic E-state index is 0.0000919. The molecule has 0 aliphatic rings. The van der Waals surface area contributed by atoms with Crippen molar-refractivity contribution in [3.63, 3.8) is 0 Å². The first kappa shape index (κ1) is 10.9. The predicted octanol–water partition coefficient (Wildman–Crippen LogP) is 3.01. The number of phenols is 2. The molecule has 0 fully saturated rings. The Bertz CT molecular complexity index is 836. The van der Waals surface area contributed by atoms with E-state index in [2.05, 4.69) is 0 Å². The fourth-order valence-electron chi connectivity index (χ4n) is 1.98. The van der Waals surface area contributed by atoms with Crippen LogP contribution in [0.3, 0.4) is 0 Å². The second-order valence-corrected chi connectivity index (χ2v) is 4.33. The third kappa shape index (κ3) is 1.50. The van der Waals surface area contributed by atoms with E-state index in [0.717, 1.165) is 0 Å². The zero-order valence-corrected chi connectivity index (χ0v) is 9.73. The molecular weight excluding hydrogens is 256 g/mol. The molecule has 5 heteroatoms. The zero-order chi connectivity index (χ0) is 12.9. The van der Waals surface area contributed by atoms with Crippen LogP contribution in [0.5, 0.6) is 11.5 Å². The summed E-state index contributed by atoms with van der Waals surface area (Å²) in [6.45, 7) is 0. The van der Waals surface area contributed by atoms with Crippen molar-refractivity contribution >= 4 is 33.3 Å². The summed E-state index contributed by atoms with van der Waals surface area (Å²) < 4.78 is 5.08. The molecule has 0 saturated heterocycles. The van der Waals surface area contributed by atoms with E-state index in [0.29, 0.717) is 10.8 Å². The monoisotopic (exact) mass is 262 g/mol. The normalized spacial score (nSPS) is 11.2. The minimum atomic E-state index is -0.610. The molecule has 90 valence electrons. The summed E-state index contributed by atoms with van der Waals surface area (Å²) in [7, 11) is 0. The highest BCUT2D eigenvalue weighted by Crippen LogP contribution is 2.33. The Kier molecular flexibility index (Phi) is 2.21. The van der Waals surface area contributed by atoms with Gasteiger partial charge >= 0.3 is 5.63 Å². The highest BCUT2D eigenvalue weighted by Gasteiger charge is 2.12. The molecule has 3 rings (SSSR count). The number of fused-ring (bicyclic) bond motifs is 3. The molecule has 1 heterocycles. The summed E-state index contributed by atoms with van der Waals surface area (Å²) in [5.41, 5.74) is -0.360. The van der Waals surface area contributed by atoms with Crippen molar-refractivity contribution in [3.05, 3.63) is 45.8 Å². The minimum Gasteiger partial charge on any atom is -0.508 e. The van der Waals surface area contributed by atoms with Crippen molar-refractivity contribution in [3.8, 4) is 11.5 Å². The van der Waals surface area contributed by atoms with Gasteiger partial charge in [-0.05, 0) is 24.3 Å². The van der Waals surface area contributed by atoms with Crippen molar-refractivity contribution in [1.82, 2.24) is 0 Å². The summed E-state index contributed by atoms with van der Waals surface area (Å²) in [5.74, 6) is -0.0992. The van der Waals surface area contributed by atoms with Crippen molar-refractivity contribution in [1.29, 1.82) is 0 Å². The number of aromatic hydroxyl groups is 2. The lowest BCUT2D eigenvalue weighted by Gasteiger charge is -2.05. The summed E-state index contributed by atoms with van der Waals surface area (Å²) in [6, 6.07) is 7.10. The number of halogens is 1. The topological polar surface area (TPSA) is 70.7 Å². The van der Waals surface area contributed by atoms with Gasteiger partial charge in [-0.15, -0.1) is 0 Å². The Morgan fingerprint density at radius 2 is 1.78 bits per heavy atom. The van der Waals surface area contributed by atoms with Crippen molar-refractivity contribution in [2.75, 3.05) is 0 Å². The highest BCUT2D eigenvalue weighted by molar-refractivity contribution is 6.37. The predicted molar refractivity (Wildman–Crippen MR) is 68.3 cm³/mol. The van der Waals surface area contributed by atoms with Gasteiger partial charge in [-0.2, -0.15) is 0 Å². The molecule has 18 heavy (non-hydrogen) atoms. The van der Waals surface area contributed by atoms with Crippen LogP contribution in [0.2, 0.25) is 5.02 Å². The fraction of sp³-hybridized carbons (Fsp3) is 0. The average Bonchev–Trinajstić information content (AvgIpc) is 2.29. The van der Waals surface area contributed by atoms with E-state index in [1.54, 1.807) is 6.07 Å². The van der Waals surface area contributed by atoms with E-state index in [-0.39, 0.29) is 27.5 Å². The van der Waals surface area contributed by atoms with E-state index < -0.39 is 5.63 Å². The third-order valence-electron chi connectivity index (χ3n) is 2.73. The lowest BCUT2D eigenvalue weighted by atomic mass is 10.1. The van der Waals surface area contributed by atoms with Gasteiger partial charge in [0.2, 0.25) is 0 Å². The summed E-state index contributed by atoms with van der Waals surface area (Å²) in [6.07, 6.45) is 0. The molecule has 0 aliphatic heterocycles. The Labute approximate surface area is 106 Å². The molecule has 0 spiro atoms. The van der Waals surface area contributed by atoms with Gasteiger partial charge < -0.3 is 14.6 Å². The van der Waals surface area contributed by atoms with Crippen molar-refractivity contribution < 1.29 is 14.6 Å². The largest absolute Gasteiger partial charge is 0.508 e. The van der Waals surface area contributed by atoms with Gasteiger partial charge in [0, 0.05) is 16.8 Å². The number of hydrogen-bond donors (Lipinski definition) is 2. The van der Waals surface area contributed by atoms with Crippen LogP contribution in [0.25, 0.3) is 21.7 Å². The number of hydrogen-bond acceptors (Lipinski definition) is 4. The van der Waals surface area contributed by atoms with Crippen molar-refractivity contribution in [2.45, 2.75) is 0 Å². The molecule has 2 aromatic carbocycles. The van der Waals surface area contributed by atoms with Crippen LogP contribution in [0.4, 0.5) is 0 Å². The van der Waals surface area contributed by atoms with E-state index in [9.17, 15) is 15.0 Å². The first-order valence-electron chi connectivity index (χ1n) is 5.14. The fourth-order valence-corrected chi connectivity index (χ4v) is 2.30. The van der Waals surface area contributed by atoms with Crippen LogP contribution >= 0.6 is 11.6 Å². The summed E-state index contributed by atoms with van der Waals surface area (Å²) >= 11 is 6.05. The van der Waals surface area contributed by atoms with Crippen molar-refractivity contribution in [2.24, 2.45) is 0 Å². The van der Waals surface area contributed by atoms with Crippen LogP contribution in [0.15, 0.2) is 39.5 Å². The molecule has 0 amide bonds. The summed E-state index contributed by atoms with van der Waals surface area (Å²) in [5, 5.41) is 20.4. The number of rotatable bonds is 0. The third-order valence-corrected chi connectivity index (χ3v) is 3.03. The molecule has 3 aromatic rings. The second-order valence-electron chi connectivity index (χ2n) is 3.92. The van der Waals surface area contributed by atoms with Gasteiger partial charge in [-0.1, -0.05) is 11.6 Å². The van der Waals surface area contributed by atoms with Crippen LogP contribution in [-0.4, -0.2) is 10.2 Å². The molecule has 0 atom stereocenters. The van der Waals surface area contributed by atoms with E-state index >= 15 is 0 Å². The zero-order valence-electron chi connectivity index (χ0n) is 8.98. The molecule has 0 unspecified atom stereocenters. The number of phenolic OH excluding ortho intramolecular Hbond substituents is 2. The van der Waals surface area contributed by atoms with E-state index in [4.69, 9.17) is 16.0 Å². The van der Waals surface area contributed by atoms with Crippen LogP contribution in [0.1, 0.15) is 0 Å². The van der Waals surface area contributed by atoms with Crippen LogP contribution in [0, 0.1) is 0 Å². The average molecular weight is 263 g/mol. The van der Waals surface area contributed by atoms with Gasteiger partial charge in [0.25, 0.3) is 0 Å². The molecule has 0 saturated carbocycles. The molecule has 1 aromatic heterocycles. The SMILES string of the molecule is O=c1oc2cc(O)ccc2c2c(Cl)cc(O)cc12. The standard InChI is InChI=1S/C13H7ClO4/c14-10-4-7(16)3-9-12(10)8-2-1-6(15)5-11(8)18-13(9)17/h1-5,15-16H. The Morgan fingerprint density at radius 3 is 2.56 bits per heavy atom. The lowest BCUT2D eigenvalue weighted by Crippen LogP contribution is -1.99. The van der Waals surface area contributed by atoms with E-state index in [1.165, 1.54) is 24.3 Å². The first-order chi connectivity index (χ1) is 8.56. The quantitative estimate of drug-likeness (QED) is 0.483. The van der Waals surface area contributed by atoms with Crippen LogP contribution < -0.4 is 5.63 Å². The summed E-state index contributed by atoms with van der Waals surface area (Å²) in [4.78, 5) is 11.8. The highest BCUT2D eigenvalue weighted by atomic mass is 35.5. The Hall–Kier alpha value is -2.20. The molecule has 4 nitrogen and oxygen atoms in total. The van der Waals surface area contributed by atoms with Gasteiger partial charge in [0.1, 0.15) is 17.1 Å². The molecule has 2 N–H and O–H groups in total. The molecular formula is C13H7ClO4. The first-order valence-corrected chi connectivity index (χ1v) is 5.52. The Morgan fingerprint density at radius 1 is 1.00 bits per heavy atom. The van der Waals surface area contributed by atoms with Gasteiger partial charge in [0.15, 0.2) is 0 Å². The van der Waals surface area contributed by atoms with Gasteiger partial charge in [-0.25, -0.2) is 4.79 Å². The maximum Gasteiger partial charge on any atom is 0.344 e. The number of benzene rings is 2. The van der Waals surface area contributed by atoms with Crippen LogP contribution in [-0.2, 0) is 0 Å². The maximum atomic E-state index is 11.8.